The van der Waals surface area contributed by atoms with Crippen LogP contribution in [0.4, 0.5) is 0 Å². The number of benzene rings is 2. The zero-order valence-corrected chi connectivity index (χ0v) is 13.8. The number of hydrogen-bond acceptors (Lipinski definition) is 3. The fourth-order valence-electron chi connectivity index (χ4n) is 2.17. The monoisotopic (exact) mass is 333 g/mol. The molecule has 0 radical (unpaired) electrons. The van der Waals surface area contributed by atoms with Crippen molar-refractivity contribution in [2.75, 3.05) is 20.3 Å². The number of nitrogens with one attached hydrogen (secondary N) is 1. The number of methoxy groups -OCH3 is 1. The number of hydrogen-bond donors (Lipinski definition) is 1. The highest BCUT2D eigenvalue weighted by Gasteiger charge is 2.05. The maximum atomic E-state index is 11.8. The molecule has 0 saturated heterocycles. The average Bonchev–Trinajstić information content (AvgIpc) is 2.58. The molecule has 4 nitrogen and oxygen atoms in total. The lowest BCUT2D eigenvalue weighted by Crippen LogP contribution is -2.29. The van der Waals surface area contributed by atoms with Gasteiger partial charge in [0.15, 0.2) is 6.61 Å². The third kappa shape index (κ3) is 5.49. The first kappa shape index (κ1) is 17.2. The van der Waals surface area contributed by atoms with Crippen LogP contribution in [0.5, 0.6) is 11.5 Å². The van der Waals surface area contributed by atoms with Gasteiger partial charge < -0.3 is 14.8 Å². The number of para-hydroxylation sites is 2. The van der Waals surface area contributed by atoms with Crippen molar-refractivity contribution >= 4 is 17.5 Å². The highest BCUT2D eigenvalue weighted by molar-refractivity contribution is 6.32. The van der Waals surface area contributed by atoms with Gasteiger partial charge in [0.05, 0.1) is 12.1 Å². The lowest BCUT2D eigenvalue weighted by Gasteiger charge is -2.10. The normalized spacial score (nSPS) is 10.2. The van der Waals surface area contributed by atoms with Crippen molar-refractivity contribution in [1.29, 1.82) is 0 Å². The van der Waals surface area contributed by atoms with Crippen molar-refractivity contribution in [2.24, 2.45) is 0 Å². The molecule has 1 amide bonds. The van der Waals surface area contributed by atoms with E-state index in [1.54, 1.807) is 19.2 Å². The Kier molecular flexibility index (Phi) is 6.76. The van der Waals surface area contributed by atoms with Crippen LogP contribution in [0, 0.1) is 0 Å². The largest absolute Gasteiger partial charge is 0.496 e. The summed E-state index contributed by atoms with van der Waals surface area (Å²) >= 11 is 5.96. The Morgan fingerprint density at radius 3 is 2.52 bits per heavy atom. The topological polar surface area (TPSA) is 47.6 Å². The molecule has 1 N–H and O–H groups in total. The van der Waals surface area contributed by atoms with Gasteiger partial charge in [-0.1, -0.05) is 41.9 Å². The number of carbonyl (C=O) groups excluding carboxylic acids is 1. The van der Waals surface area contributed by atoms with E-state index in [4.69, 9.17) is 21.1 Å². The molecule has 2 rings (SSSR count). The van der Waals surface area contributed by atoms with Crippen LogP contribution >= 0.6 is 11.6 Å². The maximum Gasteiger partial charge on any atom is 0.257 e. The van der Waals surface area contributed by atoms with Gasteiger partial charge in [-0.25, -0.2) is 0 Å². The lowest BCUT2D eigenvalue weighted by molar-refractivity contribution is -0.123. The van der Waals surface area contributed by atoms with Gasteiger partial charge in [0, 0.05) is 6.54 Å². The fourth-order valence-corrected chi connectivity index (χ4v) is 2.36. The average molecular weight is 334 g/mol. The van der Waals surface area contributed by atoms with Crippen molar-refractivity contribution in [3.63, 3.8) is 0 Å². The molecule has 0 spiro atoms. The van der Waals surface area contributed by atoms with Gasteiger partial charge in [-0.2, -0.15) is 0 Å². The second kappa shape index (κ2) is 9.06. The first-order valence-corrected chi connectivity index (χ1v) is 7.84. The molecule has 0 bridgehead atoms. The molecule has 0 heterocycles. The van der Waals surface area contributed by atoms with Crippen LogP contribution in [0.25, 0.3) is 0 Å². The molecule has 5 heteroatoms. The van der Waals surface area contributed by atoms with Crippen molar-refractivity contribution in [1.82, 2.24) is 5.32 Å². The summed E-state index contributed by atoms with van der Waals surface area (Å²) in [4.78, 5) is 11.8. The Labute approximate surface area is 141 Å². The minimum absolute atomic E-state index is 0.0433. The van der Waals surface area contributed by atoms with Crippen molar-refractivity contribution < 1.29 is 14.3 Å². The summed E-state index contributed by atoms with van der Waals surface area (Å²) < 4.78 is 10.7. The van der Waals surface area contributed by atoms with Gasteiger partial charge >= 0.3 is 0 Å². The summed E-state index contributed by atoms with van der Waals surface area (Å²) in [5, 5.41) is 3.33. The van der Waals surface area contributed by atoms with Crippen LogP contribution in [0.3, 0.4) is 0 Å². The van der Waals surface area contributed by atoms with Crippen molar-refractivity contribution in [2.45, 2.75) is 12.8 Å². The van der Waals surface area contributed by atoms with Crippen LogP contribution in [0.15, 0.2) is 48.5 Å². The number of halogens is 1. The van der Waals surface area contributed by atoms with Gasteiger partial charge in [0.2, 0.25) is 0 Å². The first-order chi connectivity index (χ1) is 11.2. The fraction of sp³-hybridized carbons (Fsp3) is 0.278. The summed E-state index contributed by atoms with van der Waals surface area (Å²) in [5.41, 5.74) is 1.14. The summed E-state index contributed by atoms with van der Waals surface area (Å²) in [5.74, 6) is 1.23. The zero-order valence-electron chi connectivity index (χ0n) is 13.0. The lowest BCUT2D eigenvalue weighted by atomic mass is 10.1. The minimum Gasteiger partial charge on any atom is -0.496 e. The van der Waals surface area contributed by atoms with Gasteiger partial charge in [0.25, 0.3) is 5.91 Å². The van der Waals surface area contributed by atoms with Crippen LogP contribution in [0.2, 0.25) is 5.02 Å². The number of ether oxygens (including phenoxy) is 2. The van der Waals surface area contributed by atoms with Crippen LogP contribution < -0.4 is 14.8 Å². The van der Waals surface area contributed by atoms with E-state index in [1.165, 1.54) is 0 Å². The molecule has 0 aliphatic rings. The summed E-state index contributed by atoms with van der Waals surface area (Å²) in [6.45, 7) is 0.543. The van der Waals surface area contributed by atoms with Gasteiger partial charge in [-0.05, 0) is 36.6 Å². The SMILES string of the molecule is COc1ccccc1CCCNC(=O)COc1ccccc1Cl. The van der Waals surface area contributed by atoms with E-state index in [-0.39, 0.29) is 12.5 Å². The highest BCUT2D eigenvalue weighted by Crippen LogP contribution is 2.22. The number of aryl methyl sites for hydroxylation is 1. The Balaban J connectivity index is 1.68. The van der Waals surface area contributed by atoms with E-state index in [0.29, 0.717) is 17.3 Å². The molecule has 0 saturated carbocycles. The Hall–Kier alpha value is -2.20. The van der Waals surface area contributed by atoms with E-state index < -0.39 is 0 Å². The summed E-state index contributed by atoms with van der Waals surface area (Å²) in [6.07, 6.45) is 1.67. The van der Waals surface area contributed by atoms with Crippen LogP contribution in [-0.2, 0) is 11.2 Å². The molecule has 122 valence electrons. The predicted molar refractivity (Wildman–Crippen MR) is 91.3 cm³/mol. The van der Waals surface area contributed by atoms with Crippen LogP contribution in [0.1, 0.15) is 12.0 Å². The van der Waals surface area contributed by atoms with E-state index >= 15 is 0 Å². The minimum atomic E-state index is -0.162. The van der Waals surface area contributed by atoms with Gasteiger partial charge in [-0.15, -0.1) is 0 Å². The summed E-state index contributed by atoms with van der Waals surface area (Å²) in [7, 11) is 1.66. The van der Waals surface area contributed by atoms with E-state index in [2.05, 4.69) is 5.32 Å². The summed E-state index contributed by atoms with van der Waals surface area (Å²) in [6, 6.07) is 15.0. The Morgan fingerprint density at radius 2 is 1.78 bits per heavy atom. The smallest absolute Gasteiger partial charge is 0.257 e. The molecule has 2 aromatic carbocycles. The molecule has 0 fully saturated rings. The molecule has 0 aliphatic heterocycles. The maximum absolute atomic E-state index is 11.8. The molecular formula is C18H20ClNO3. The molecule has 0 aliphatic carbocycles. The van der Waals surface area contributed by atoms with Gasteiger partial charge in [-0.3, -0.25) is 4.79 Å². The Morgan fingerprint density at radius 1 is 1.09 bits per heavy atom. The molecule has 0 aromatic heterocycles. The molecule has 23 heavy (non-hydrogen) atoms. The highest BCUT2D eigenvalue weighted by atomic mass is 35.5. The first-order valence-electron chi connectivity index (χ1n) is 7.46. The number of carbonyl (C=O) groups is 1. The third-order valence-electron chi connectivity index (χ3n) is 3.33. The van der Waals surface area contributed by atoms with Crippen molar-refractivity contribution in [3.8, 4) is 11.5 Å². The molecule has 2 aromatic rings. The van der Waals surface area contributed by atoms with Crippen LogP contribution in [-0.4, -0.2) is 26.2 Å². The Bertz CT molecular complexity index is 646. The van der Waals surface area contributed by atoms with E-state index in [9.17, 15) is 4.79 Å². The van der Waals surface area contributed by atoms with E-state index in [0.717, 1.165) is 24.2 Å². The van der Waals surface area contributed by atoms with Gasteiger partial charge in [0.1, 0.15) is 11.5 Å². The van der Waals surface area contributed by atoms with Crippen molar-refractivity contribution in [3.05, 3.63) is 59.1 Å². The van der Waals surface area contributed by atoms with E-state index in [1.807, 2.05) is 36.4 Å². The molecule has 0 atom stereocenters. The zero-order chi connectivity index (χ0) is 16.5. The number of amides is 1. The molecule has 0 unspecified atom stereocenters. The third-order valence-corrected chi connectivity index (χ3v) is 3.65. The predicted octanol–water partition coefficient (Wildman–Crippen LogP) is 3.48. The standard InChI is InChI=1S/C18H20ClNO3/c1-22-16-10-4-2-7-14(16)8-6-12-20-18(21)13-23-17-11-5-3-9-15(17)19/h2-5,7,9-11H,6,8,12-13H2,1H3,(H,20,21). The quantitative estimate of drug-likeness (QED) is 0.752. The molecular weight excluding hydrogens is 314 g/mol. The second-order valence-electron chi connectivity index (χ2n) is 4.98. The second-order valence-corrected chi connectivity index (χ2v) is 5.39. The number of rotatable bonds is 8.